The molecule has 2 rings (SSSR count). The van der Waals surface area contributed by atoms with Gasteiger partial charge in [0.05, 0.1) is 10.0 Å². The number of rotatable bonds is 4. The van der Waals surface area contributed by atoms with Crippen LogP contribution in [0.3, 0.4) is 0 Å². The van der Waals surface area contributed by atoms with Gasteiger partial charge >= 0.3 is 0 Å². The molecule has 0 saturated heterocycles. The first-order valence-electron chi connectivity index (χ1n) is 7.37. The molecule has 1 aromatic rings. The second kappa shape index (κ2) is 7.37. The van der Waals surface area contributed by atoms with Crippen molar-refractivity contribution in [2.24, 2.45) is 11.8 Å². The number of nitrogens with one attached hydrogen (secondary N) is 1. The summed E-state index contributed by atoms with van der Waals surface area (Å²) in [5.74, 6) is -2.84. The SMILES string of the molecule is CC1=C(C)C[C@@H](C(=O)NCc2ccc(Cl)c(Cl)c2)[C@@H](C(=O)[O-])C1. The van der Waals surface area contributed by atoms with Gasteiger partial charge in [-0.3, -0.25) is 4.79 Å². The van der Waals surface area contributed by atoms with Gasteiger partial charge in [0.15, 0.2) is 0 Å². The van der Waals surface area contributed by atoms with Crippen molar-refractivity contribution in [3.63, 3.8) is 0 Å². The van der Waals surface area contributed by atoms with Gasteiger partial charge in [-0.1, -0.05) is 40.4 Å². The third-order valence-electron chi connectivity index (χ3n) is 4.36. The number of hydrogen-bond donors (Lipinski definition) is 1. The zero-order valence-corrected chi connectivity index (χ0v) is 14.5. The number of hydrogen-bond acceptors (Lipinski definition) is 3. The van der Waals surface area contributed by atoms with Crippen LogP contribution in [0.15, 0.2) is 29.3 Å². The number of carbonyl (C=O) groups is 2. The zero-order chi connectivity index (χ0) is 17.1. The van der Waals surface area contributed by atoms with Crippen LogP contribution in [0.25, 0.3) is 0 Å². The van der Waals surface area contributed by atoms with Crippen LogP contribution in [0.1, 0.15) is 32.3 Å². The van der Waals surface area contributed by atoms with Crippen LogP contribution >= 0.6 is 23.2 Å². The van der Waals surface area contributed by atoms with Crippen LogP contribution in [0.2, 0.25) is 10.0 Å². The first-order valence-corrected chi connectivity index (χ1v) is 8.13. The Kier molecular flexibility index (Phi) is 5.71. The highest BCUT2D eigenvalue weighted by Gasteiger charge is 2.33. The number of halogens is 2. The van der Waals surface area contributed by atoms with E-state index in [0.29, 0.717) is 22.9 Å². The summed E-state index contributed by atoms with van der Waals surface area (Å²) in [7, 11) is 0. The van der Waals surface area contributed by atoms with Crippen molar-refractivity contribution in [3.8, 4) is 0 Å². The number of allylic oxidation sites excluding steroid dienone is 2. The lowest BCUT2D eigenvalue weighted by Crippen LogP contribution is -2.44. The van der Waals surface area contributed by atoms with Crippen LogP contribution in [0.4, 0.5) is 0 Å². The van der Waals surface area contributed by atoms with E-state index in [2.05, 4.69) is 5.32 Å². The van der Waals surface area contributed by atoms with Crippen LogP contribution in [0.5, 0.6) is 0 Å². The standard InChI is InChI=1S/C17H19Cl2NO3/c1-9-5-12(13(17(22)23)6-10(9)2)16(21)20-8-11-3-4-14(18)15(19)7-11/h3-4,7,12-13H,5-6,8H2,1-2H3,(H,20,21)(H,22,23)/p-1/t12-,13+/m1/s1. The molecule has 0 bridgehead atoms. The van der Waals surface area contributed by atoms with E-state index < -0.39 is 17.8 Å². The van der Waals surface area contributed by atoms with E-state index in [1.807, 2.05) is 13.8 Å². The van der Waals surface area contributed by atoms with E-state index in [1.54, 1.807) is 18.2 Å². The molecular weight excluding hydrogens is 337 g/mol. The lowest BCUT2D eigenvalue weighted by Gasteiger charge is -2.32. The predicted molar refractivity (Wildman–Crippen MR) is 87.9 cm³/mol. The molecule has 1 aromatic carbocycles. The Morgan fingerprint density at radius 1 is 1.13 bits per heavy atom. The van der Waals surface area contributed by atoms with Gasteiger partial charge < -0.3 is 15.2 Å². The second-order valence-corrected chi connectivity index (χ2v) is 6.78. The topological polar surface area (TPSA) is 69.2 Å². The first-order chi connectivity index (χ1) is 10.8. The molecule has 0 unspecified atom stereocenters. The molecule has 0 spiro atoms. The normalized spacial score (nSPS) is 21.2. The minimum atomic E-state index is -1.17. The molecule has 4 nitrogen and oxygen atoms in total. The lowest BCUT2D eigenvalue weighted by molar-refractivity contribution is -0.313. The molecule has 1 amide bonds. The maximum absolute atomic E-state index is 12.4. The second-order valence-electron chi connectivity index (χ2n) is 5.97. The van der Waals surface area contributed by atoms with Crippen LogP contribution in [0, 0.1) is 11.8 Å². The Balaban J connectivity index is 2.06. The molecule has 0 fully saturated rings. The average Bonchev–Trinajstić information content (AvgIpc) is 2.50. The molecule has 2 atom stereocenters. The molecule has 0 aliphatic heterocycles. The maximum atomic E-state index is 12.4. The first kappa shape index (κ1) is 17.8. The van der Waals surface area contributed by atoms with Crippen molar-refractivity contribution in [1.29, 1.82) is 0 Å². The van der Waals surface area contributed by atoms with Gasteiger partial charge in [-0.15, -0.1) is 0 Å². The van der Waals surface area contributed by atoms with Crippen molar-refractivity contribution in [2.75, 3.05) is 0 Å². The molecular formula is C17H18Cl2NO3-. The molecule has 124 valence electrons. The number of carboxylic acid groups (broad SMARTS) is 1. The Labute approximate surface area is 145 Å². The third kappa shape index (κ3) is 4.27. The minimum absolute atomic E-state index is 0.272. The highest BCUT2D eigenvalue weighted by molar-refractivity contribution is 6.42. The van der Waals surface area contributed by atoms with Gasteiger partial charge in [-0.05, 0) is 44.4 Å². The summed E-state index contributed by atoms with van der Waals surface area (Å²) < 4.78 is 0. The summed E-state index contributed by atoms with van der Waals surface area (Å²) in [6.07, 6.45) is 0.802. The van der Waals surface area contributed by atoms with E-state index >= 15 is 0 Å². The number of carbonyl (C=O) groups excluding carboxylic acids is 2. The van der Waals surface area contributed by atoms with E-state index in [1.165, 1.54) is 0 Å². The molecule has 1 aliphatic carbocycles. The molecule has 23 heavy (non-hydrogen) atoms. The van der Waals surface area contributed by atoms with E-state index in [4.69, 9.17) is 23.2 Å². The Hall–Kier alpha value is -1.52. The van der Waals surface area contributed by atoms with Crippen LogP contribution in [-0.4, -0.2) is 11.9 Å². The van der Waals surface area contributed by atoms with E-state index in [-0.39, 0.29) is 12.5 Å². The maximum Gasteiger partial charge on any atom is 0.224 e. The summed E-state index contributed by atoms with van der Waals surface area (Å²) in [5.41, 5.74) is 2.89. The van der Waals surface area contributed by atoms with Crippen molar-refractivity contribution in [1.82, 2.24) is 5.32 Å². The Bertz CT molecular complexity index is 670. The van der Waals surface area contributed by atoms with Gasteiger partial charge in [0.1, 0.15) is 0 Å². The predicted octanol–water partition coefficient (Wildman–Crippen LogP) is 2.72. The van der Waals surface area contributed by atoms with Gasteiger partial charge in [-0.2, -0.15) is 0 Å². The highest BCUT2D eigenvalue weighted by Crippen LogP contribution is 2.34. The van der Waals surface area contributed by atoms with Crippen molar-refractivity contribution < 1.29 is 14.7 Å². The average molecular weight is 355 g/mol. The van der Waals surface area contributed by atoms with Crippen LogP contribution in [-0.2, 0) is 16.1 Å². The number of amides is 1. The fraction of sp³-hybridized carbons (Fsp3) is 0.412. The van der Waals surface area contributed by atoms with Crippen molar-refractivity contribution in [3.05, 3.63) is 45.0 Å². The Morgan fingerprint density at radius 2 is 1.74 bits per heavy atom. The zero-order valence-electron chi connectivity index (χ0n) is 13.0. The van der Waals surface area contributed by atoms with Crippen molar-refractivity contribution in [2.45, 2.75) is 33.2 Å². The van der Waals surface area contributed by atoms with Gasteiger partial charge in [0, 0.05) is 24.3 Å². The molecule has 0 aromatic heterocycles. The minimum Gasteiger partial charge on any atom is -0.550 e. The summed E-state index contributed by atoms with van der Waals surface area (Å²) in [5, 5.41) is 15.0. The highest BCUT2D eigenvalue weighted by atomic mass is 35.5. The quantitative estimate of drug-likeness (QED) is 0.845. The number of benzene rings is 1. The summed E-state index contributed by atoms with van der Waals surface area (Å²) in [6, 6.07) is 5.10. The van der Waals surface area contributed by atoms with Gasteiger partial charge in [0.2, 0.25) is 5.91 Å². The lowest BCUT2D eigenvalue weighted by atomic mass is 9.76. The summed E-state index contributed by atoms with van der Waals surface area (Å²) in [4.78, 5) is 23.7. The van der Waals surface area contributed by atoms with Crippen LogP contribution < -0.4 is 10.4 Å². The molecule has 6 heteroatoms. The van der Waals surface area contributed by atoms with Crippen molar-refractivity contribution >= 4 is 35.1 Å². The van der Waals surface area contributed by atoms with Gasteiger partial charge in [0.25, 0.3) is 0 Å². The van der Waals surface area contributed by atoms with E-state index in [0.717, 1.165) is 16.7 Å². The molecule has 1 N–H and O–H groups in total. The molecule has 1 aliphatic rings. The van der Waals surface area contributed by atoms with E-state index in [9.17, 15) is 14.7 Å². The molecule has 0 saturated carbocycles. The fourth-order valence-electron chi connectivity index (χ4n) is 2.79. The smallest absolute Gasteiger partial charge is 0.224 e. The largest absolute Gasteiger partial charge is 0.550 e. The fourth-order valence-corrected chi connectivity index (χ4v) is 3.11. The molecule has 0 heterocycles. The summed E-state index contributed by atoms with van der Waals surface area (Å²) >= 11 is 11.8. The third-order valence-corrected chi connectivity index (χ3v) is 5.10. The molecule has 0 radical (unpaired) electrons. The number of aliphatic carboxylic acids is 1. The van der Waals surface area contributed by atoms with Gasteiger partial charge in [-0.25, -0.2) is 0 Å². The summed E-state index contributed by atoms with van der Waals surface area (Å²) in [6.45, 7) is 4.10. The number of carboxylic acids is 1. The Morgan fingerprint density at radius 3 is 2.30 bits per heavy atom. The monoisotopic (exact) mass is 354 g/mol.